The van der Waals surface area contributed by atoms with Gasteiger partial charge in [0.15, 0.2) is 16.3 Å². The topological polar surface area (TPSA) is 92.3 Å². The van der Waals surface area contributed by atoms with Crippen molar-refractivity contribution in [1.82, 2.24) is 4.57 Å². The molecular weight excluding hydrogens is 480 g/mol. The number of nitrogens with zero attached hydrogens (tertiary/aromatic N) is 2. The van der Waals surface area contributed by atoms with Crippen LogP contribution in [-0.4, -0.2) is 30.4 Å². The van der Waals surface area contributed by atoms with E-state index in [9.17, 15) is 9.59 Å². The molecule has 3 heterocycles. The predicted octanol–water partition coefficient (Wildman–Crippen LogP) is 3.66. The molecule has 8 nitrogen and oxygen atoms in total. The minimum absolute atomic E-state index is 0.198. The summed E-state index contributed by atoms with van der Waals surface area (Å²) in [6.07, 6.45) is 3.34. The molecule has 0 spiro atoms. The average Bonchev–Trinajstić information content (AvgIpc) is 3.39. The second kappa shape index (κ2) is 10.8. The summed E-state index contributed by atoms with van der Waals surface area (Å²) >= 11 is 1.24. The maximum atomic E-state index is 13.7. The Hall–Kier alpha value is -3.85. The molecule has 0 fully saturated rings. The summed E-state index contributed by atoms with van der Waals surface area (Å²) < 4.78 is 24.5. The number of carbonyl (C=O) groups is 1. The Morgan fingerprint density at radius 1 is 1.17 bits per heavy atom. The molecule has 0 amide bonds. The fourth-order valence-corrected chi connectivity index (χ4v) is 5.02. The third kappa shape index (κ3) is 4.92. The third-order valence-electron chi connectivity index (χ3n) is 5.49. The van der Waals surface area contributed by atoms with Crippen molar-refractivity contribution < 1.29 is 23.4 Å². The number of hydrogen-bond acceptors (Lipinski definition) is 8. The molecule has 36 heavy (non-hydrogen) atoms. The molecule has 0 aliphatic carbocycles. The molecule has 4 rings (SSSR count). The van der Waals surface area contributed by atoms with Crippen LogP contribution in [0.3, 0.4) is 0 Å². The highest BCUT2D eigenvalue weighted by Crippen LogP contribution is 2.36. The van der Waals surface area contributed by atoms with Gasteiger partial charge in [0.1, 0.15) is 18.1 Å². The van der Waals surface area contributed by atoms with Gasteiger partial charge in [-0.2, -0.15) is 0 Å². The van der Waals surface area contributed by atoms with Gasteiger partial charge in [-0.15, -0.1) is 0 Å². The molecule has 1 atom stereocenters. The van der Waals surface area contributed by atoms with Crippen molar-refractivity contribution in [3.8, 4) is 11.5 Å². The van der Waals surface area contributed by atoms with Crippen LogP contribution in [0.2, 0.25) is 0 Å². The van der Waals surface area contributed by atoms with Crippen LogP contribution >= 0.6 is 11.3 Å². The molecule has 9 heteroatoms. The second-order valence-electron chi connectivity index (χ2n) is 7.99. The van der Waals surface area contributed by atoms with Gasteiger partial charge >= 0.3 is 5.97 Å². The summed E-state index contributed by atoms with van der Waals surface area (Å²) in [5.41, 5.74) is 1.18. The zero-order valence-electron chi connectivity index (χ0n) is 20.7. The van der Waals surface area contributed by atoms with Gasteiger partial charge in [0.2, 0.25) is 0 Å². The number of ether oxygens (including phenoxy) is 3. The lowest BCUT2D eigenvalue weighted by Gasteiger charge is -2.25. The lowest BCUT2D eigenvalue weighted by atomic mass is 9.95. The Labute approximate surface area is 212 Å². The van der Waals surface area contributed by atoms with E-state index in [1.54, 1.807) is 44.2 Å². The predicted molar refractivity (Wildman–Crippen MR) is 137 cm³/mol. The van der Waals surface area contributed by atoms with Crippen LogP contribution in [0.15, 0.2) is 68.5 Å². The lowest BCUT2D eigenvalue weighted by Crippen LogP contribution is -2.40. The summed E-state index contributed by atoms with van der Waals surface area (Å²) in [5.74, 6) is 1.83. The zero-order valence-corrected chi connectivity index (χ0v) is 21.5. The van der Waals surface area contributed by atoms with Crippen molar-refractivity contribution in [2.75, 3.05) is 19.8 Å². The van der Waals surface area contributed by atoms with Gasteiger partial charge in [-0.25, -0.2) is 9.79 Å². The lowest BCUT2D eigenvalue weighted by molar-refractivity contribution is -0.139. The molecule has 0 saturated heterocycles. The van der Waals surface area contributed by atoms with Crippen LogP contribution in [0.4, 0.5) is 0 Å². The van der Waals surface area contributed by atoms with E-state index in [4.69, 9.17) is 18.6 Å². The molecule has 0 bridgehead atoms. The number of esters is 1. The van der Waals surface area contributed by atoms with Crippen molar-refractivity contribution in [1.29, 1.82) is 0 Å². The third-order valence-corrected chi connectivity index (χ3v) is 6.47. The smallest absolute Gasteiger partial charge is 0.338 e. The van der Waals surface area contributed by atoms with Gasteiger partial charge in [0.05, 0.1) is 35.1 Å². The largest absolute Gasteiger partial charge is 0.490 e. The first-order valence-corrected chi connectivity index (χ1v) is 12.5. The number of hydrogen-bond donors (Lipinski definition) is 0. The summed E-state index contributed by atoms with van der Waals surface area (Å²) in [6.45, 7) is 11.8. The number of thiazole rings is 1. The molecule has 0 N–H and O–H groups in total. The van der Waals surface area contributed by atoms with Crippen LogP contribution in [-0.2, 0) is 9.53 Å². The minimum Gasteiger partial charge on any atom is -0.490 e. The molecule has 1 unspecified atom stereocenters. The van der Waals surface area contributed by atoms with Crippen LogP contribution < -0.4 is 24.4 Å². The molecule has 1 aromatic carbocycles. The number of aryl methyl sites for hydroxylation is 1. The molecule has 3 aromatic rings. The van der Waals surface area contributed by atoms with Crippen LogP contribution in [0.1, 0.15) is 43.9 Å². The Morgan fingerprint density at radius 3 is 2.64 bits per heavy atom. The number of furan rings is 1. The highest BCUT2D eigenvalue weighted by atomic mass is 32.1. The van der Waals surface area contributed by atoms with Gasteiger partial charge in [-0.3, -0.25) is 9.36 Å². The number of rotatable bonds is 9. The fourth-order valence-electron chi connectivity index (χ4n) is 4.00. The first-order valence-electron chi connectivity index (χ1n) is 11.6. The molecule has 0 saturated carbocycles. The summed E-state index contributed by atoms with van der Waals surface area (Å²) in [4.78, 5) is 31.8. The standard InChI is InChI=1S/C27H28N2O6S/c1-6-13-34-20-12-10-18(14-21(20)32-7-2)24-23(26(31)33-8-3)17(5)28-27-29(24)25(30)22(36-27)15-19-11-9-16(4)35-19/h6,9-12,14-15,24H,1,7-8,13H2,2-5H3. The highest BCUT2D eigenvalue weighted by Gasteiger charge is 2.34. The summed E-state index contributed by atoms with van der Waals surface area (Å²) in [6, 6.07) is 8.25. The van der Waals surface area contributed by atoms with Crippen molar-refractivity contribution in [3.05, 3.63) is 91.0 Å². The van der Waals surface area contributed by atoms with Gasteiger partial charge in [-0.05, 0) is 57.5 Å². The number of aromatic nitrogens is 1. The molecule has 188 valence electrons. The van der Waals surface area contributed by atoms with Crippen LogP contribution in [0.5, 0.6) is 11.5 Å². The van der Waals surface area contributed by atoms with E-state index in [0.29, 0.717) is 56.6 Å². The first kappa shape index (κ1) is 25.2. The Kier molecular flexibility index (Phi) is 7.59. The van der Waals surface area contributed by atoms with Gasteiger partial charge < -0.3 is 18.6 Å². The normalized spacial score (nSPS) is 15.3. The summed E-state index contributed by atoms with van der Waals surface area (Å²) in [7, 11) is 0. The fraction of sp³-hybridized carbons (Fsp3) is 0.296. The molecule has 1 aliphatic rings. The average molecular weight is 509 g/mol. The van der Waals surface area contributed by atoms with E-state index in [0.717, 1.165) is 5.76 Å². The van der Waals surface area contributed by atoms with E-state index in [1.165, 1.54) is 15.9 Å². The molecular formula is C27H28N2O6S. The Morgan fingerprint density at radius 2 is 1.97 bits per heavy atom. The van der Waals surface area contributed by atoms with E-state index in [1.807, 2.05) is 26.0 Å². The Balaban J connectivity index is 1.93. The van der Waals surface area contributed by atoms with E-state index >= 15 is 0 Å². The molecule has 0 radical (unpaired) electrons. The number of carbonyl (C=O) groups excluding carboxylic acids is 1. The van der Waals surface area contributed by atoms with Crippen molar-refractivity contribution in [2.45, 2.75) is 33.7 Å². The summed E-state index contributed by atoms with van der Waals surface area (Å²) in [5, 5.41) is 0. The maximum Gasteiger partial charge on any atom is 0.338 e. The van der Waals surface area contributed by atoms with Crippen molar-refractivity contribution in [3.63, 3.8) is 0 Å². The zero-order chi connectivity index (χ0) is 25.8. The van der Waals surface area contributed by atoms with Crippen LogP contribution in [0, 0.1) is 6.92 Å². The number of benzene rings is 1. The Bertz CT molecular complexity index is 1510. The van der Waals surface area contributed by atoms with E-state index in [2.05, 4.69) is 11.6 Å². The first-order chi connectivity index (χ1) is 17.4. The molecule has 1 aliphatic heterocycles. The van der Waals surface area contributed by atoms with E-state index < -0.39 is 12.0 Å². The monoisotopic (exact) mass is 508 g/mol. The van der Waals surface area contributed by atoms with E-state index in [-0.39, 0.29) is 12.2 Å². The van der Waals surface area contributed by atoms with Gasteiger partial charge in [-0.1, -0.05) is 30.1 Å². The van der Waals surface area contributed by atoms with Crippen LogP contribution in [0.25, 0.3) is 6.08 Å². The number of allylic oxidation sites excluding steroid dienone is 1. The highest BCUT2D eigenvalue weighted by molar-refractivity contribution is 7.07. The SMILES string of the molecule is C=CCOc1ccc(C2C(C(=O)OCC)=C(C)N=c3sc(=Cc4ccc(C)o4)c(=O)n32)cc1OCC. The second-order valence-corrected chi connectivity index (χ2v) is 9.00. The minimum atomic E-state index is -0.756. The van der Waals surface area contributed by atoms with Gasteiger partial charge in [0, 0.05) is 6.08 Å². The van der Waals surface area contributed by atoms with Crippen molar-refractivity contribution in [2.24, 2.45) is 4.99 Å². The van der Waals surface area contributed by atoms with Gasteiger partial charge in [0.25, 0.3) is 5.56 Å². The maximum absolute atomic E-state index is 13.7. The quantitative estimate of drug-likeness (QED) is 0.324. The molecule has 2 aromatic heterocycles. The van der Waals surface area contributed by atoms with Crippen molar-refractivity contribution >= 4 is 23.4 Å². The number of fused-ring (bicyclic) bond motifs is 1.